The van der Waals surface area contributed by atoms with Gasteiger partial charge >= 0.3 is 0 Å². The van der Waals surface area contributed by atoms with Crippen molar-refractivity contribution >= 4 is 46.9 Å². The van der Waals surface area contributed by atoms with Gasteiger partial charge in [-0.05, 0) is 36.2 Å². The van der Waals surface area contributed by atoms with Crippen LogP contribution in [0.25, 0.3) is 0 Å². The van der Waals surface area contributed by atoms with Crippen molar-refractivity contribution < 1.29 is 14.3 Å². The third-order valence-electron chi connectivity index (χ3n) is 3.38. The highest BCUT2D eigenvalue weighted by Gasteiger charge is 2.12. The summed E-state index contributed by atoms with van der Waals surface area (Å²) >= 11 is 11.9. The Labute approximate surface area is 161 Å². The highest BCUT2D eigenvalue weighted by molar-refractivity contribution is 6.44. The van der Waals surface area contributed by atoms with Crippen molar-refractivity contribution in [2.24, 2.45) is 5.10 Å². The summed E-state index contributed by atoms with van der Waals surface area (Å²) < 4.78 is 5.22. The number of aryl methyl sites for hydroxylation is 1. The quantitative estimate of drug-likeness (QED) is 0.445. The number of methoxy groups -OCH3 is 1. The molecule has 0 aliphatic heterocycles. The number of hydrogen-bond acceptors (Lipinski definition) is 4. The van der Waals surface area contributed by atoms with Crippen molar-refractivity contribution in [2.45, 2.75) is 13.3 Å². The number of nitrogens with zero attached hydrogens (tertiary/aromatic N) is 1. The molecule has 0 heterocycles. The van der Waals surface area contributed by atoms with Crippen molar-refractivity contribution in [1.29, 1.82) is 0 Å². The molecule has 0 aliphatic rings. The Morgan fingerprint density at radius 2 is 1.96 bits per heavy atom. The lowest BCUT2D eigenvalue weighted by Gasteiger charge is -2.07. The summed E-state index contributed by atoms with van der Waals surface area (Å²) in [6.45, 7) is 1.92. The molecular formula is C18H17Cl2N3O3. The summed E-state index contributed by atoms with van der Waals surface area (Å²) in [7, 11) is 1.58. The first-order valence-electron chi connectivity index (χ1n) is 7.61. The number of hydrazone groups is 1. The number of nitrogens with one attached hydrogen (secondary N) is 2. The molecule has 0 fully saturated rings. The number of carbonyl (C=O) groups is 2. The van der Waals surface area contributed by atoms with Gasteiger partial charge in [0.2, 0.25) is 11.8 Å². The van der Waals surface area contributed by atoms with Gasteiger partial charge in [0.1, 0.15) is 12.2 Å². The Kier molecular flexibility index (Phi) is 7.00. The van der Waals surface area contributed by atoms with Crippen LogP contribution in [0.15, 0.2) is 41.5 Å². The summed E-state index contributed by atoms with van der Waals surface area (Å²) in [6, 6.07) is 10.3. The lowest BCUT2D eigenvalue weighted by molar-refractivity contribution is -0.126. The third kappa shape index (κ3) is 5.47. The van der Waals surface area contributed by atoms with Crippen LogP contribution in [-0.2, 0) is 9.59 Å². The molecule has 136 valence electrons. The number of hydrogen-bond donors (Lipinski definition) is 2. The molecule has 0 saturated heterocycles. The van der Waals surface area contributed by atoms with E-state index in [1.165, 1.54) is 6.21 Å². The average Bonchev–Trinajstić information content (AvgIpc) is 2.60. The van der Waals surface area contributed by atoms with Gasteiger partial charge in [-0.2, -0.15) is 5.10 Å². The van der Waals surface area contributed by atoms with E-state index in [1.54, 1.807) is 31.4 Å². The highest BCUT2D eigenvalue weighted by Crippen LogP contribution is 2.29. The molecule has 2 rings (SSSR count). The van der Waals surface area contributed by atoms with Gasteiger partial charge in [0.15, 0.2) is 0 Å². The van der Waals surface area contributed by atoms with Gasteiger partial charge in [0, 0.05) is 0 Å². The summed E-state index contributed by atoms with van der Waals surface area (Å²) in [4.78, 5) is 23.7. The molecule has 0 radical (unpaired) electrons. The van der Waals surface area contributed by atoms with Crippen LogP contribution >= 0.6 is 23.2 Å². The minimum absolute atomic E-state index is 0.217. The number of rotatable bonds is 6. The van der Waals surface area contributed by atoms with E-state index in [0.717, 1.165) is 16.9 Å². The molecule has 8 heteroatoms. The zero-order chi connectivity index (χ0) is 19.1. The summed E-state index contributed by atoms with van der Waals surface area (Å²) in [5.41, 5.74) is 4.38. The van der Waals surface area contributed by atoms with Gasteiger partial charge in [-0.25, -0.2) is 5.43 Å². The first kappa shape index (κ1) is 19.8. The fourth-order valence-corrected chi connectivity index (χ4v) is 2.42. The predicted octanol–water partition coefficient (Wildman–Crippen LogP) is 3.79. The third-order valence-corrected chi connectivity index (χ3v) is 4.20. The Balaban J connectivity index is 1.88. The second-order valence-corrected chi connectivity index (χ2v) is 6.13. The molecule has 0 aromatic heterocycles. The topological polar surface area (TPSA) is 79.8 Å². The molecule has 2 amide bonds. The van der Waals surface area contributed by atoms with Crippen molar-refractivity contribution in [3.63, 3.8) is 0 Å². The van der Waals surface area contributed by atoms with Crippen molar-refractivity contribution in [2.75, 3.05) is 12.4 Å². The van der Waals surface area contributed by atoms with Crippen molar-refractivity contribution in [3.05, 3.63) is 57.6 Å². The van der Waals surface area contributed by atoms with E-state index in [4.69, 9.17) is 27.9 Å². The molecule has 0 aliphatic carbocycles. The Bertz CT molecular complexity index is 854. The van der Waals surface area contributed by atoms with Crippen LogP contribution in [0.4, 0.5) is 5.69 Å². The van der Waals surface area contributed by atoms with Crippen LogP contribution in [-0.4, -0.2) is 25.1 Å². The fourth-order valence-electron chi connectivity index (χ4n) is 2.08. The molecule has 2 N–H and O–H groups in total. The molecule has 0 bridgehead atoms. The Morgan fingerprint density at radius 1 is 1.19 bits per heavy atom. The minimum atomic E-state index is -0.559. The summed E-state index contributed by atoms with van der Waals surface area (Å²) in [5, 5.41) is 6.89. The van der Waals surface area contributed by atoms with Gasteiger partial charge < -0.3 is 10.1 Å². The number of halogens is 2. The molecule has 6 nitrogen and oxygen atoms in total. The maximum absolute atomic E-state index is 11.9. The number of ether oxygens (including phenoxy) is 1. The minimum Gasteiger partial charge on any atom is -0.496 e. The van der Waals surface area contributed by atoms with Gasteiger partial charge in [-0.3, -0.25) is 9.59 Å². The number of amides is 2. The van der Waals surface area contributed by atoms with Gasteiger partial charge in [-0.15, -0.1) is 0 Å². The lowest BCUT2D eigenvalue weighted by Crippen LogP contribution is -2.24. The predicted molar refractivity (Wildman–Crippen MR) is 103 cm³/mol. The first-order chi connectivity index (χ1) is 12.4. The second-order valence-electron chi connectivity index (χ2n) is 5.35. The SMILES string of the molecule is COc1cc(C=NNC(=O)CC(=O)Nc2cccc(Cl)c2Cl)ccc1C. The van der Waals surface area contributed by atoms with Gasteiger partial charge in [-0.1, -0.05) is 41.4 Å². The number of anilines is 1. The molecule has 2 aromatic carbocycles. The standard InChI is InChI=1S/C18H17Cl2N3O3/c1-11-6-7-12(8-15(11)26-2)10-21-23-17(25)9-16(24)22-14-5-3-4-13(19)18(14)20/h3-8,10H,9H2,1-2H3,(H,22,24)(H,23,25). The van der Waals surface area contributed by atoms with Crippen LogP contribution in [0.1, 0.15) is 17.5 Å². The van der Waals surface area contributed by atoms with Crippen LogP contribution in [0, 0.1) is 6.92 Å². The van der Waals surface area contributed by atoms with Crippen LogP contribution in [0.5, 0.6) is 5.75 Å². The van der Waals surface area contributed by atoms with E-state index in [9.17, 15) is 9.59 Å². The molecular weight excluding hydrogens is 377 g/mol. The average molecular weight is 394 g/mol. The van der Waals surface area contributed by atoms with Crippen molar-refractivity contribution in [1.82, 2.24) is 5.43 Å². The monoisotopic (exact) mass is 393 g/mol. The molecule has 26 heavy (non-hydrogen) atoms. The van der Waals surface area contributed by atoms with E-state index < -0.39 is 18.2 Å². The first-order valence-corrected chi connectivity index (χ1v) is 8.36. The smallest absolute Gasteiger partial charge is 0.249 e. The highest BCUT2D eigenvalue weighted by atomic mass is 35.5. The number of carbonyl (C=O) groups excluding carboxylic acids is 2. The Hall–Kier alpha value is -2.57. The maximum Gasteiger partial charge on any atom is 0.249 e. The summed E-state index contributed by atoms with van der Waals surface area (Å²) in [6.07, 6.45) is 1.06. The van der Waals surface area contributed by atoms with Crippen LogP contribution < -0.4 is 15.5 Å². The van der Waals surface area contributed by atoms with Crippen LogP contribution in [0.2, 0.25) is 10.0 Å². The molecule has 0 saturated carbocycles. The Morgan fingerprint density at radius 3 is 2.69 bits per heavy atom. The molecule has 0 atom stereocenters. The zero-order valence-electron chi connectivity index (χ0n) is 14.2. The van der Waals surface area contributed by atoms with E-state index in [1.807, 2.05) is 19.1 Å². The van der Waals surface area contributed by atoms with Crippen LogP contribution in [0.3, 0.4) is 0 Å². The van der Waals surface area contributed by atoms with E-state index in [2.05, 4.69) is 15.8 Å². The summed E-state index contributed by atoms with van der Waals surface area (Å²) in [5.74, 6) is -0.368. The largest absolute Gasteiger partial charge is 0.496 e. The van der Waals surface area contributed by atoms with E-state index in [-0.39, 0.29) is 5.02 Å². The fraction of sp³-hybridized carbons (Fsp3) is 0.167. The molecule has 0 unspecified atom stereocenters. The van der Waals surface area contributed by atoms with E-state index in [0.29, 0.717) is 10.7 Å². The van der Waals surface area contributed by atoms with Gasteiger partial charge in [0.05, 0.1) is 29.1 Å². The number of benzene rings is 2. The molecule has 2 aromatic rings. The molecule has 0 spiro atoms. The normalized spacial score (nSPS) is 10.6. The maximum atomic E-state index is 11.9. The van der Waals surface area contributed by atoms with Crippen molar-refractivity contribution in [3.8, 4) is 5.75 Å². The zero-order valence-corrected chi connectivity index (χ0v) is 15.7. The second kappa shape index (κ2) is 9.22. The van der Waals surface area contributed by atoms with E-state index >= 15 is 0 Å². The lowest BCUT2D eigenvalue weighted by atomic mass is 10.1. The van der Waals surface area contributed by atoms with Gasteiger partial charge in [0.25, 0.3) is 0 Å².